The van der Waals surface area contributed by atoms with Crippen molar-refractivity contribution >= 4 is 17.6 Å². The molecule has 1 atom stereocenters. The van der Waals surface area contributed by atoms with Crippen LogP contribution in [-0.4, -0.2) is 35.9 Å². The maximum Gasteiger partial charge on any atom is 0.251 e. The minimum Gasteiger partial charge on any atom is -0.370 e. The second kappa shape index (κ2) is 5.48. The molecule has 0 radical (unpaired) electrons. The molecule has 1 unspecified atom stereocenters. The summed E-state index contributed by atoms with van der Waals surface area (Å²) in [7, 11) is 0. The third-order valence-electron chi connectivity index (χ3n) is 2.69. The Morgan fingerprint density at radius 2 is 2.44 bits per heavy atom. The van der Waals surface area contributed by atoms with Gasteiger partial charge in [0, 0.05) is 31.3 Å². The van der Waals surface area contributed by atoms with Gasteiger partial charge in [-0.25, -0.2) is 4.98 Å². The van der Waals surface area contributed by atoms with Crippen molar-refractivity contribution in [2.75, 3.05) is 18.4 Å². The number of nitrogens with zero attached hydrogens (tertiary/aromatic N) is 1. The van der Waals surface area contributed by atoms with Crippen molar-refractivity contribution in [1.82, 2.24) is 15.6 Å². The highest BCUT2D eigenvalue weighted by Crippen LogP contribution is 2.08. The van der Waals surface area contributed by atoms with Gasteiger partial charge in [-0.05, 0) is 19.1 Å². The largest absolute Gasteiger partial charge is 0.370 e. The minimum absolute atomic E-state index is 0.0247. The van der Waals surface area contributed by atoms with Gasteiger partial charge < -0.3 is 16.0 Å². The lowest BCUT2D eigenvalue weighted by Gasteiger charge is -2.11. The average molecular weight is 248 g/mol. The molecule has 1 aromatic rings. The summed E-state index contributed by atoms with van der Waals surface area (Å²) in [6.07, 6.45) is 1.93. The minimum atomic E-state index is -0.182. The Morgan fingerprint density at radius 3 is 3.11 bits per heavy atom. The van der Waals surface area contributed by atoms with E-state index in [2.05, 4.69) is 20.9 Å². The second-order valence-electron chi connectivity index (χ2n) is 4.14. The second-order valence-corrected chi connectivity index (χ2v) is 4.14. The molecule has 0 spiro atoms. The van der Waals surface area contributed by atoms with Crippen LogP contribution in [0.25, 0.3) is 0 Å². The van der Waals surface area contributed by atoms with Crippen molar-refractivity contribution in [1.29, 1.82) is 0 Å². The molecule has 2 amide bonds. The number of amides is 2. The average Bonchev–Trinajstić information content (AvgIpc) is 2.75. The van der Waals surface area contributed by atoms with Gasteiger partial charge in [0.05, 0.1) is 6.04 Å². The van der Waals surface area contributed by atoms with Gasteiger partial charge in [0.15, 0.2) is 0 Å². The monoisotopic (exact) mass is 248 g/mol. The Labute approximate surface area is 105 Å². The molecule has 2 heterocycles. The van der Waals surface area contributed by atoms with Crippen LogP contribution >= 0.6 is 0 Å². The summed E-state index contributed by atoms with van der Waals surface area (Å²) in [4.78, 5) is 27.1. The molecular weight excluding hydrogens is 232 g/mol. The quantitative estimate of drug-likeness (QED) is 0.707. The van der Waals surface area contributed by atoms with E-state index in [0.29, 0.717) is 24.3 Å². The zero-order chi connectivity index (χ0) is 13.0. The van der Waals surface area contributed by atoms with Crippen LogP contribution in [-0.2, 0) is 4.79 Å². The normalized spacial score (nSPS) is 18.3. The molecule has 0 saturated carbocycles. The van der Waals surface area contributed by atoms with Gasteiger partial charge in [0.2, 0.25) is 5.91 Å². The zero-order valence-electron chi connectivity index (χ0n) is 10.2. The number of aromatic nitrogens is 1. The fourth-order valence-corrected chi connectivity index (χ4v) is 1.83. The van der Waals surface area contributed by atoms with E-state index < -0.39 is 0 Å². The van der Waals surface area contributed by atoms with E-state index >= 15 is 0 Å². The lowest BCUT2D eigenvalue weighted by Crippen LogP contribution is -2.36. The third-order valence-corrected chi connectivity index (χ3v) is 2.69. The van der Waals surface area contributed by atoms with E-state index in [1.54, 1.807) is 18.3 Å². The Bertz CT molecular complexity index is 461. The fraction of sp³-hybridized carbons (Fsp3) is 0.417. The zero-order valence-corrected chi connectivity index (χ0v) is 10.2. The van der Waals surface area contributed by atoms with Crippen molar-refractivity contribution in [3.63, 3.8) is 0 Å². The molecule has 96 valence electrons. The molecule has 2 rings (SSSR count). The summed E-state index contributed by atoms with van der Waals surface area (Å²) in [5.41, 5.74) is 0.542. The first kappa shape index (κ1) is 12.3. The molecule has 18 heavy (non-hydrogen) atoms. The summed E-state index contributed by atoms with van der Waals surface area (Å²) in [6.45, 7) is 3.21. The molecule has 1 aliphatic heterocycles. The first-order valence-electron chi connectivity index (χ1n) is 5.96. The van der Waals surface area contributed by atoms with Crippen LogP contribution in [0.2, 0.25) is 0 Å². The number of hydrogen-bond acceptors (Lipinski definition) is 4. The molecule has 0 bridgehead atoms. The molecule has 0 aromatic carbocycles. The standard InChI is InChI=1S/C12H16N4O2/c1-2-13-10-5-8(3-4-14-10)12(18)16-9-6-11(17)15-7-9/h3-5,9H,2,6-7H2,1H3,(H,13,14)(H,15,17)(H,16,18). The maximum absolute atomic E-state index is 12.0. The van der Waals surface area contributed by atoms with E-state index in [-0.39, 0.29) is 17.9 Å². The van der Waals surface area contributed by atoms with Crippen molar-refractivity contribution in [2.45, 2.75) is 19.4 Å². The highest BCUT2D eigenvalue weighted by Gasteiger charge is 2.23. The highest BCUT2D eigenvalue weighted by molar-refractivity contribution is 5.95. The summed E-state index contributed by atoms with van der Waals surface area (Å²) < 4.78 is 0. The smallest absolute Gasteiger partial charge is 0.251 e. The number of pyridine rings is 1. The molecule has 6 heteroatoms. The molecule has 1 fully saturated rings. The first-order valence-corrected chi connectivity index (χ1v) is 5.96. The molecular formula is C12H16N4O2. The maximum atomic E-state index is 12.0. The Morgan fingerprint density at radius 1 is 1.61 bits per heavy atom. The van der Waals surface area contributed by atoms with Gasteiger partial charge in [-0.15, -0.1) is 0 Å². The predicted molar refractivity (Wildman–Crippen MR) is 67.3 cm³/mol. The van der Waals surface area contributed by atoms with Crippen LogP contribution in [0.3, 0.4) is 0 Å². The van der Waals surface area contributed by atoms with Gasteiger partial charge in [0.25, 0.3) is 5.91 Å². The van der Waals surface area contributed by atoms with E-state index in [1.807, 2.05) is 6.92 Å². The molecule has 1 aliphatic rings. The van der Waals surface area contributed by atoms with Gasteiger partial charge in [0.1, 0.15) is 5.82 Å². The number of carbonyl (C=O) groups is 2. The number of rotatable bonds is 4. The third kappa shape index (κ3) is 2.97. The number of nitrogens with one attached hydrogen (secondary N) is 3. The van der Waals surface area contributed by atoms with Crippen molar-refractivity contribution in [3.8, 4) is 0 Å². The SMILES string of the molecule is CCNc1cc(C(=O)NC2CNC(=O)C2)ccn1. The molecule has 3 N–H and O–H groups in total. The lowest BCUT2D eigenvalue weighted by molar-refractivity contribution is -0.119. The number of anilines is 1. The Kier molecular flexibility index (Phi) is 3.76. The molecule has 0 aliphatic carbocycles. The molecule has 1 aromatic heterocycles. The van der Waals surface area contributed by atoms with Gasteiger partial charge >= 0.3 is 0 Å². The fourth-order valence-electron chi connectivity index (χ4n) is 1.83. The van der Waals surface area contributed by atoms with E-state index in [9.17, 15) is 9.59 Å². The van der Waals surface area contributed by atoms with Gasteiger partial charge in [-0.1, -0.05) is 0 Å². The van der Waals surface area contributed by atoms with Crippen LogP contribution in [0, 0.1) is 0 Å². The van der Waals surface area contributed by atoms with Gasteiger partial charge in [-0.3, -0.25) is 9.59 Å². The van der Waals surface area contributed by atoms with Crippen LogP contribution in [0.5, 0.6) is 0 Å². The topological polar surface area (TPSA) is 83.1 Å². The van der Waals surface area contributed by atoms with E-state index in [4.69, 9.17) is 0 Å². The predicted octanol–water partition coefficient (Wildman–Crippen LogP) is 0.132. The van der Waals surface area contributed by atoms with Crippen molar-refractivity contribution < 1.29 is 9.59 Å². The summed E-state index contributed by atoms with van der Waals surface area (Å²) in [5, 5.41) is 8.54. The van der Waals surface area contributed by atoms with Crippen molar-refractivity contribution in [3.05, 3.63) is 23.9 Å². The van der Waals surface area contributed by atoms with Crippen LogP contribution in [0.4, 0.5) is 5.82 Å². The van der Waals surface area contributed by atoms with Crippen LogP contribution in [0.15, 0.2) is 18.3 Å². The Hall–Kier alpha value is -2.11. The molecule has 1 saturated heterocycles. The molecule has 6 nitrogen and oxygen atoms in total. The number of hydrogen-bond donors (Lipinski definition) is 3. The Balaban J connectivity index is 1.99. The van der Waals surface area contributed by atoms with E-state index in [0.717, 1.165) is 6.54 Å². The van der Waals surface area contributed by atoms with E-state index in [1.165, 1.54) is 0 Å². The van der Waals surface area contributed by atoms with Crippen molar-refractivity contribution in [2.24, 2.45) is 0 Å². The summed E-state index contributed by atoms with van der Waals surface area (Å²) in [5.74, 6) is 0.465. The van der Waals surface area contributed by atoms with Crippen LogP contribution in [0.1, 0.15) is 23.7 Å². The van der Waals surface area contributed by atoms with Gasteiger partial charge in [-0.2, -0.15) is 0 Å². The van der Waals surface area contributed by atoms with Crippen LogP contribution < -0.4 is 16.0 Å². The highest BCUT2D eigenvalue weighted by atomic mass is 16.2. The number of carbonyl (C=O) groups excluding carboxylic acids is 2. The summed E-state index contributed by atoms with van der Waals surface area (Å²) in [6, 6.07) is 3.23. The summed E-state index contributed by atoms with van der Waals surface area (Å²) >= 11 is 0. The first-order chi connectivity index (χ1) is 8.69. The lowest BCUT2D eigenvalue weighted by atomic mass is 10.2.